The van der Waals surface area contributed by atoms with E-state index in [0.717, 1.165) is 0 Å². The fraction of sp³-hybridized carbons (Fsp3) is 0.333. The third-order valence-corrected chi connectivity index (χ3v) is 2.61. The summed E-state index contributed by atoms with van der Waals surface area (Å²) in [6.07, 6.45) is -4.66. The van der Waals surface area contributed by atoms with E-state index in [1.165, 1.54) is 33.5 Å². The number of hydrogen-bond donors (Lipinski definition) is 0. The summed E-state index contributed by atoms with van der Waals surface area (Å²) in [6.45, 7) is 0. The van der Waals surface area contributed by atoms with Gasteiger partial charge in [0.2, 0.25) is 11.7 Å². The molecule has 2 aromatic rings. The Bertz CT molecular complexity index is 644. The van der Waals surface area contributed by atoms with Gasteiger partial charge in [-0.1, -0.05) is 0 Å². The van der Waals surface area contributed by atoms with Gasteiger partial charge in [-0.2, -0.15) is 18.2 Å². The lowest BCUT2D eigenvalue weighted by Crippen LogP contribution is -2.12. The Morgan fingerprint density at radius 3 is 2.00 bits per heavy atom. The molecule has 0 amide bonds. The minimum Gasteiger partial charge on any atom is -0.493 e. The topological polar surface area (TPSA) is 53.5 Å². The van der Waals surface area contributed by atoms with Gasteiger partial charge in [0.25, 0.3) is 0 Å². The molecular formula is C12H11F3N2O3. The molecule has 0 radical (unpaired) electrons. The number of hydrogen-bond acceptors (Lipinski definition) is 5. The number of rotatable bonds is 3. The molecule has 1 aromatic heterocycles. The highest BCUT2D eigenvalue weighted by Gasteiger charge is 2.36. The van der Waals surface area contributed by atoms with Crippen molar-refractivity contribution >= 4 is 10.9 Å². The Hall–Kier alpha value is -2.25. The summed E-state index contributed by atoms with van der Waals surface area (Å²) in [4.78, 5) is 6.85. The van der Waals surface area contributed by atoms with Gasteiger partial charge in [0.1, 0.15) is 0 Å². The van der Waals surface area contributed by atoms with Crippen molar-refractivity contribution in [2.24, 2.45) is 0 Å². The lowest BCUT2D eigenvalue weighted by atomic mass is 10.2. The standard InChI is InChI=1S/C12H11F3N2O3/c1-18-8-4-6-7(5-9(8)19-2)16-11(12(13,14)15)17-10(6)20-3/h4-5H,1-3H3. The van der Waals surface area contributed by atoms with E-state index in [1.807, 2.05) is 0 Å². The van der Waals surface area contributed by atoms with Gasteiger partial charge in [-0.05, 0) is 6.07 Å². The molecule has 1 heterocycles. The van der Waals surface area contributed by atoms with Crippen LogP contribution < -0.4 is 14.2 Å². The van der Waals surface area contributed by atoms with Crippen LogP contribution >= 0.6 is 0 Å². The van der Waals surface area contributed by atoms with Crippen molar-refractivity contribution in [2.45, 2.75) is 6.18 Å². The molecule has 0 unspecified atom stereocenters. The molecule has 5 nitrogen and oxygen atoms in total. The van der Waals surface area contributed by atoms with Crippen LogP contribution in [0.25, 0.3) is 10.9 Å². The number of aromatic nitrogens is 2. The summed E-state index contributed by atoms with van der Waals surface area (Å²) in [5.41, 5.74) is 0.0572. The Kier molecular flexibility index (Phi) is 3.56. The molecule has 0 spiro atoms. The molecule has 0 bridgehead atoms. The van der Waals surface area contributed by atoms with Gasteiger partial charge in [-0.25, -0.2) is 4.98 Å². The molecular weight excluding hydrogens is 277 g/mol. The zero-order valence-corrected chi connectivity index (χ0v) is 10.9. The van der Waals surface area contributed by atoms with Gasteiger partial charge >= 0.3 is 6.18 Å². The van der Waals surface area contributed by atoms with Gasteiger partial charge in [0, 0.05) is 6.07 Å². The van der Waals surface area contributed by atoms with Crippen molar-refractivity contribution in [3.8, 4) is 17.4 Å². The highest BCUT2D eigenvalue weighted by molar-refractivity contribution is 5.87. The Labute approximate surface area is 112 Å². The van der Waals surface area contributed by atoms with Gasteiger partial charge < -0.3 is 14.2 Å². The third kappa shape index (κ3) is 2.40. The van der Waals surface area contributed by atoms with Crippen LogP contribution in [0.5, 0.6) is 17.4 Å². The monoisotopic (exact) mass is 288 g/mol. The van der Waals surface area contributed by atoms with Crippen molar-refractivity contribution in [3.63, 3.8) is 0 Å². The summed E-state index contributed by atoms with van der Waals surface area (Å²) in [6, 6.07) is 2.81. The molecule has 0 aliphatic carbocycles. The normalized spacial score (nSPS) is 11.5. The number of fused-ring (bicyclic) bond motifs is 1. The van der Waals surface area contributed by atoms with E-state index in [2.05, 4.69) is 9.97 Å². The first-order valence-corrected chi connectivity index (χ1v) is 5.45. The van der Waals surface area contributed by atoms with Crippen LogP contribution in [0.3, 0.4) is 0 Å². The summed E-state index contributed by atoms with van der Waals surface area (Å²) in [5, 5.41) is 0.304. The van der Waals surface area contributed by atoms with Crippen LogP contribution in [0, 0.1) is 0 Å². The summed E-state index contributed by atoms with van der Waals surface area (Å²) < 4.78 is 53.2. The molecule has 0 saturated carbocycles. The van der Waals surface area contributed by atoms with E-state index in [-0.39, 0.29) is 17.1 Å². The molecule has 0 aliphatic heterocycles. The van der Waals surface area contributed by atoms with Crippen LogP contribution in [0.1, 0.15) is 5.82 Å². The van der Waals surface area contributed by atoms with Crippen molar-refractivity contribution in [1.29, 1.82) is 0 Å². The zero-order valence-electron chi connectivity index (χ0n) is 10.9. The lowest BCUT2D eigenvalue weighted by Gasteiger charge is -2.12. The zero-order chi connectivity index (χ0) is 14.9. The van der Waals surface area contributed by atoms with E-state index in [4.69, 9.17) is 14.2 Å². The van der Waals surface area contributed by atoms with Gasteiger partial charge in [-0.15, -0.1) is 0 Å². The molecule has 20 heavy (non-hydrogen) atoms. The van der Waals surface area contributed by atoms with Crippen LogP contribution in [-0.4, -0.2) is 31.3 Å². The lowest BCUT2D eigenvalue weighted by molar-refractivity contribution is -0.144. The maximum atomic E-state index is 12.7. The Balaban J connectivity index is 2.77. The maximum Gasteiger partial charge on any atom is 0.451 e. The first-order chi connectivity index (χ1) is 9.40. The van der Waals surface area contributed by atoms with Crippen LogP contribution in [-0.2, 0) is 6.18 Å². The van der Waals surface area contributed by atoms with Gasteiger partial charge in [-0.3, -0.25) is 0 Å². The molecule has 0 atom stereocenters. The first-order valence-electron chi connectivity index (χ1n) is 5.45. The fourth-order valence-electron chi connectivity index (χ4n) is 1.71. The van der Waals surface area contributed by atoms with E-state index in [9.17, 15) is 13.2 Å². The summed E-state index contributed by atoms with van der Waals surface area (Å²) in [7, 11) is 4.03. The van der Waals surface area contributed by atoms with Crippen molar-refractivity contribution < 1.29 is 27.4 Å². The number of nitrogens with zero attached hydrogens (tertiary/aromatic N) is 2. The molecule has 108 valence electrons. The number of halogens is 3. The van der Waals surface area contributed by atoms with E-state index in [0.29, 0.717) is 11.1 Å². The Morgan fingerprint density at radius 1 is 0.900 bits per heavy atom. The number of alkyl halides is 3. The Morgan fingerprint density at radius 2 is 1.50 bits per heavy atom. The van der Waals surface area contributed by atoms with Crippen LogP contribution in [0.2, 0.25) is 0 Å². The molecule has 0 aliphatic rings. The first kappa shape index (κ1) is 14.2. The van der Waals surface area contributed by atoms with Crippen molar-refractivity contribution in [1.82, 2.24) is 9.97 Å². The van der Waals surface area contributed by atoms with E-state index in [1.54, 1.807) is 0 Å². The highest BCUT2D eigenvalue weighted by atomic mass is 19.4. The largest absolute Gasteiger partial charge is 0.493 e. The third-order valence-electron chi connectivity index (χ3n) is 2.61. The fourth-order valence-corrected chi connectivity index (χ4v) is 1.71. The average molecular weight is 288 g/mol. The molecule has 8 heteroatoms. The minimum absolute atomic E-state index is 0.0572. The highest BCUT2D eigenvalue weighted by Crippen LogP contribution is 2.37. The van der Waals surface area contributed by atoms with Crippen LogP contribution in [0.15, 0.2) is 12.1 Å². The van der Waals surface area contributed by atoms with E-state index < -0.39 is 12.0 Å². The second-order valence-electron chi connectivity index (χ2n) is 3.78. The number of ether oxygens (including phenoxy) is 3. The number of benzene rings is 1. The van der Waals surface area contributed by atoms with Gasteiger partial charge in [0.15, 0.2) is 11.5 Å². The summed E-state index contributed by atoms with van der Waals surface area (Å²) in [5.74, 6) is -0.826. The second kappa shape index (κ2) is 5.03. The number of methoxy groups -OCH3 is 3. The maximum absolute atomic E-state index is 12.7. The second-order valence-corrected chi connectivity index (χ2v) is 3.78. The minimum atomic E-state index is -4.66. The smallest absolute Gasteiger partial charge is 0.451 e. The molecule has 0 fully saturated rings. The molecule has 1 aromatic carbocycles. The summed E-state index contributed by atoms with van der Waals surface area (Å²) >= 11 is 0. The van der Waals surface area contributed by atoms with Crippen molar-refractivity contribution in [2.75, 3.05) is 21.3 Å². The molecule has 2 rings (SSSR count). The van der Waals surface area contributed by atoms with Gasteiger partial charge in [0.05, 0.1) is 32.2 Å². The molecule has 0 saturated heterocycles. The average Bonchev–Trinajstić information content (AvgIpc) is 2.43. The van der Waals surface area contributed by atoms with E-state index >= 15 is 0 Å². The molecule has 0 N–H and O–H groups in total. The quantitative estimate of drug-likeness (QED) is 0.869. The van der Waals surface area contributed by atoms with Crippen molar-refractivity contribution in [3.05, 3.63) is 18.0 Å². The predicted octanol–water partition coefficient (Wildman–Crippen LogP) is 2.67. The SMILES string of the molecule is COc1cc2nc(C(F)(F)F)nc(OC)c2cc1OC. The predicted molar refractivity (Wildman–Crippen MR) is 64.2 cm³/mol. The van der Waals surface area contributed by atoms with Crippen LogP contribution in [0.4, 0.5) is 13.2 Å².